The third-order valence-electron chi connectivity index (χ3n) is 10.8. The summed E-state index contributed by atoms with van der Waals surface area (Å²) in [6, 6.07) is 61.7. The van der Waals surface area contributed by atoms with E-state index < -0.39 is 0 Å². The standard InChI is InChI=1S/C50H34N6/c1-4-14-33(15-5-1)48-52-49(34-16-6-2-7-17-34)54-50(53-48)35-25-28-38(29-26-35)55-44-24-13-31-51-46(44)42-30-27-36(32-45(42)55)39-21-12-22-41-40-20-10-11-23-43(40)56(47(39)41)37-18-8-3-9-19-37/h1-30,32,51H,31H2. The fourth-order valence-electron chi connectivity index (χ4n) is 8.22. The maximum atomic E-state index is 4.97. The van der Waals surface area contributed by atoms with Crippen LogP contribution < -0.4 is 5.32 Å². The van der Waals surface area contributed by atoms with Gasteiger partial charge in [0.25, 0.3) is 0 Å². The predicted molar refractivity (Wildman–Crippen MR) is 230 cm³/mol. The first-order valence-electron chi connectivity index (χ1n) is 18.9. The molecule has 0 amide bonds. The van der Waals surface area contributed by atoms with E-state index in [1.807, 2.05) is 60.7 Å². The van der Waals surface area contributed by atoms with E-state index in [0.717, 1.165) is 57.1 Å². The van der Waals surface area contributed by atoms with Crippen LogP contribution in [0, 0.1) is 0 Å². The third kappa shape index (κ3) is 5.22. The number of nitrogens with one attached hydrogen (secondary N) is 1. The van der Waals surface area contributed by atoms with Gasteiger partial charge in [0.15, 0.2) is 17.5 Å². The first-order chi connectivity index (χ1) is 27.8. The van der Waals surface area contributed by atoms with Crippen LogP contribution in [-0.4, -0.2) is 30.6 Å². The molecule has 0 unspecified atom stereocenters. The van der Waals surface area contributed by atoms with Crippen LogP contribution >= 0.6 is 0 Å². The van der Waals surface area contributed by atoms with Crippen molar-refractivity contribution in [3.63, 3.8) is 0 Å². The Kier molecular flexibility index (Phi) is 7.45. The van der Waals surface area contributed by atoms with E-state index in [9.17, 15) is 0 Å². The van der Waals surface area contributed by atoms with Gasteiger partial charge in [-0.15, -0.1) is 0 Å². The zero-order valence-corrected chi connectivity index (χ0v) is 30.3. The lowest BCUT2D eigenvalue weighted by molar-refractivity contribution is 1.07. The summed E-state index contributed by atoms with van der Waals surface area (Å²) in [7, 11) is 0. The van der Waals surface area contributed by atoms with Gasteiger partial charge in [0, 0.05) is 56.3 Å². The second-order valence-electron chi connectivity index (χ2n) is 14.1. The monoisotopic (exact) mass is 718 g/mol. The smallest absolute Gasteiger partial charge is 0.164 e. The Hall–Kier alpha value is -7.57. The van der Waals surface area contributed by atoms with E-state index in [2.05, 4.69) is 142 Å². The molecule has 0 radical (unpaired) electrons. The largest absolute Gasteiger partial charge is 0.379 e. The molecule has 0 aliphatic carbocycles. The summed E-state index contributed by atoms with van der Waals surface area (Å²) < 4.78 is 4.77. The van der Waals surface area contributed by atoms with Crippen molar-refractivity contribution in [2.24, 2.45) is 0 Å². The summed E-state index contributed by atoms with van der Waals surface area (Å²) in [4.78, 5) is 14.8. The molecule has 0 spiro atoms. The third-order valence-corrected chi connectivity index (χ3v) is 10.8. The molecule has 1 N–H and O–H groups in total. The SMILES string of the molecule is C1=Cc2c(c3ccc(-c4cccc5c6ccccc6n(-c6ccccc6)c45)cc3n2-c2ccc(-c3nc(-c4ccccc4)nc(-c4ccccc4)n3)cc2)NC1. The molecule has 56 heavy (non-hydrogen) atoms. The van der Waals surface area contributed by atoms with Gasteiger partial charge in [-0.3, -0.25) is 0 Å². The van der Waals surface area contributed by atoms with Crippen molar-refractivity contribution in [3.05, 3.63) is 188 Å². The first-order valence-corrected chi connectivity index (χ1v) is 18.9. The molecule has 7 aromatic carbocycles. The molecule has 0 bridgehead atoms. The van der Waals surface area contributed by atoms with Crippen LogP contribution in [0.15, 0.2) is 182 Å². The topological polar surface area (TPSA) is 60.6 Å². The van der Waals surface area contributed by atoms with Gasteiger partial charge in [-0.1, -0.05) is 133 Å². The lowest BCUT2D eigenvalue weighted by Gasteiger charge is -2.14. The van der Waals surface area contributed by atoms with Crippen molar-refractivity contribution in [1.82, 2.24) is 24.1 Å². The van der Waals surface area contributed by atoms with Crippen molar-refractivity contribution >= 4 is 44.5 Å². The predicted octanol–water partition coefficient (Wildman–Crippen LogP) is 12.0. The van der Waals surface area contributed by atoms with Crippen LogP contribution in [0.25, 0.3) is 95.5 Å². The van der Waals surface area contributed by atoms with Gasteiger partial charge in [-0.05, 0) is 60.2 Å². The van der Waals surface area contributed by atoms with Gasteiger partial charge >= 0.3 is 0 Å². The van der Waals surface area contributed by atoms with Crippen molar-refractivity contribution < 1.29 is 0 Å². The van der Waals surface area contributed by atoms with Crippen molar-refractivity contribution in [2.45, 2.75) is 0 Å². The number of hydrogen-bond acceptors (Lipinski definition) is 4. The Balaban J connectivity index is 1.07. The molecular formula is C50H34N6. The summed E-state index contributed by atoms with van der Waals surface area (Å²) in [5.74, 6) is 1.93. The van der Waals surface area contributed by atoms with Gasteiger partial charge in [-0.2, -0.15) is 0 Å². The number of fused-ring (bicyclic) bond motifs is 6. The Bertz CT molecular complexity index is 3050. The van der Waals surface area contributed by atoms with Crippen LogP contribution in [0.1, 0.15) is 5.69 Å². The molecule has 11 rings (SSSR count). The highest BCUT2D eigenvalue weighted by Gasteiger charge is 2.22. The maximum absolute atomic E-state index is 4.97. The molecule has 264 valence electrons. The van der Waals surface area contributed by atoms with Crippen LogP contribution in [0.5, 0.6) is 0 Å². The molecule has 6 nitrogen and oxygen atoms in total. The molecule has 6 heteroatoms. The van der Waals surface area contributed by atoms with Crippen molar-refractivity contribution in [1.29, 1.82) is 0 Å². The lowest BCUT2D eigenvalue weighted by atomic mass is 10.0. The quantitative estimate of drug-likeness (QED) is 0.186. The minimum Gasteiger partial charge on any atom is -0.379 e. The average Bonchev–Trinajstić information content (AvgIpc) is 3.80. The molecule has 0 saturated heterocycles. The summed E-state index contributed by atoms with van der Waals surface area (Å²) in [5.41, 5.74) is 13.2. The van der Waals surface area contributed by atoms with Gasteiger partial charge in [-0.25, -0.2) is 15.0 Å². The fraction of sp³-hybridized carbons (Fsp3) is 0.0200. The van der Waals surface area contributed by atoms with Crippen molar-refractivity contribution in [2.75, 3.05) is 11.9 Å². The number of para-hydroxylation sites is 3. The highest BCUT2D eigenvalue weighted by molar-refractivity contribution is 6.14. The van der Waals surface area contributed by atoms with E-state index in [-0.39, 0.29) is 0 Å². The van der Waals surface area contributed by atoms with Gasteiger partial charge in [0.05, 0.1) is 27.9 Å². The van der Waals surface area contributed by atoms with Crippen LogP contribution in [0.2, 0.25) is 0 Å². The number of rotatable bonds is 6. The summed E-state index contributed by atoms with van der Waals surface area (Å²) in [5, 5.41) is 7.34. The molecular weight excluding hydrogens is 685 g/mol. The molecule has 3 aromatic heterocycles. The Morgan fingerprint density at radius 1 is 0.429 bits per heavy atom. The molecule has 1 aliphatic rings. The fourth-order valence-corrected chi connectivity index (χ4v) is 8.22. The molecule has 10 aromatic rings. The molecule has 0 saturated carbocycles. The maximum Gasteiger partial charge on any atom is 0.164 e. The second kappa shape index (κ2) is 13.1. The lowest BCUT2D eigenvalue weighted by Crippen LogP contribution is -2.06. The van der Waals surface area contributed by atoms with Crippen LogP contribution in [-0.2, 0) is 0 Å². The van der Waals surface area contributed by atoms with E-state index in [1.165, 1.54) is 32.8 Å². The summed E-state index contributed by atoms with van der Waals surface area (Å²) >= 11 is 0. The van der Waals surface area contributed by atoms with Gasteiger partial charge in [0.2, 0.25) is 0 Å². The minimum absolute atomic E-state index is 0.634. The molecule has 1 aliphatic heterocycles. The van der Waals surface area contributed by atoms with Gasteiger partial charge in [0.1, 0.15) is 0 Å². The van der Waals surface area contributed by atoms with E-state index in [4.69, 9.17) is 15.0 Å². The number of hydrogen-bond donors (Lipinski definition) is 1. The number of benzene rings is 7. The highest BCUT2D eigenvalue weighted by Crippen LogP contribution is 2.42. The zero-order chi connectivity index (χ0) is 37.0. The van der Waals surface area contributed by atoms with Crippen LogP contribution in [0.4, 0.5) is 5.69 Å². The minimum atomic E-state index is 0.634. The first kappa shape index (κ1) is 31.9. The van der Waals surface area contributed by atoms with Crippen LogP contribution in [0.3, 0.4) is 0 Å². The highest BCUT2D eigenvalue weighted by atomic mass is 15.1. The summed E-state index contributed by atoms with van der Waals surface area (Å²) in [6.07, 6.45) is 4.42. The normalized spacial score (nSPS) is 12.3. The second-order valence-corrected chi connectivity index (χ2v) is 14.1. The number of nitrogens with zero attached hydrogens (tertiary/aromatic N) is 5. The number of aromatic nitrogens is 5. The Morgan fingerprint density at radius 3 is 1.70 bits per heavy atom. The average molecular weight is 719 g/mol. The van der Waals surface area contributed by atoms with Crippen molar-refractivity contribution in [3.8, 4) is 56.7 Å². The van der Waals surface area contributed by atoms with E-state index in [0.29, 0.717) is 17.5 Å². The molecule has 4 heterocycles. The Morgan fingerprint density at radius 2 is 1.00 bits per heavy atom. The number of anilines is 1. The Labute approximate surface area is 323 Å². The van der Waals surface area contributed by atoms with E-state index in [1.54, 1.807) is 0 Å². The zero-order valence-electron chi connectivity index (χ0n) is 30.3. The van der Waals surface area contributed by atoms with E-state index >= 15 is 0 Å². The van der Waals surface area contributed by atoms with Gasteiger partial charge < -0.3 is 14.5 Å². The molecule has 0 atom stereocenters. The molecule has 0 fully saturated rings. The summed E-state index contributed by atoms with van der Waals surface area (Å²) in [6.45, 7) is 0.788.